The molecule has 0 unspecified atom stereocenters. The summed E-state index contributed by atoms with van der Waals surface area (Å²) in [5, 5.41) is 12.0. The van der Waals surface area contributed by atoms with Crippen LogP contribution in [0.2, 0.25) is 0 Å². The molecule has 1 amide bonds. The first-order valence-corrected chi connectivity index (χ1v) is 10.4. The van der Waals surface area contributed by atoms with Crippen LogP contribution in [0.3, 0.4) is 0 Å². The molecule has 0 aliphatic carbocycles. The second-order valence-electron chi connectivity index (χ2n) is 7.42. The molecule has 0 bridgehead atoms. The normalized spacial score (nSPS) is 18.5. The zero-order valence-corrected chi connectivity index (χ0v) is 16.9. The van der Waals surface area contributed by atoms with Crippen molar-refractivity contribution in [2.45, 2.75) is 31.2 Å². The molecule has 1 aromatic carbocycles. The van der Waals surface area contributed by atoms with E-state index >= 15 is 0 Å². The van der Waals surface area contributed by atoms with Crippen LogP contribution in [0.25, 0.3) is 0 Å². The van der Waals surface area contributed by atoms with Gasteiger partial charge in [-0.1, -0.05) is 13.8 Å². The molecule has 28 heavy (non-hydrogen) atoms. The molecule has 1 saturated heterocycles. The Morgan fingerprint density at radius 1 is 1.36 bits per heavy atom. The minimum absolute atomic E-state index is 0.0657. The number of hydrogen-bond acceptors (Lipinski definition) is 4. The number of halogens is 2. The van der Waals surface area contributed by atoms with Gasteiger partial charge in [0.2, 0.25) is 10.0 Å². The van der Waals surface area contributed by atoms with Gasteiger partial charge in [0.25, 0.3) is 5.91 Å². The van der Waals surface area contributed by atoms with Gasteiger partial charge in [-0.15, -0.1) is 0 Å². The maximum absolute atomic E-state index is 13.9. The molecular weight excluding hydrogens is 390 g/mol. The van der Waals surface area contributed by atoms with Crippen LogP contribution in [0.4, 0.5) is 8.78 Å². The molecule has 0 radical (unpaired) electrons. The standard InChI is InChI=1S/C18H24F2N4O3S/c1-13(2)18(3,12-21)22-17(25)11-23-6-8-24(9-7-23)28(26,27)16-5-4-14(19)10-15(16)20/h4-5,10,13H,6-9,11H2,1-3H3,(H,22,25)/p+1/t18-/m0/s1. The third-order valence-corrected chi connectivity index (χ3v) is 7.07. The molecule has 10 heteroatoms. The highest BCUT2D eigenvalue weighted by atomic mass is 32.2. The molecule has 1 aliphatic heterocycles. The third-order valence-electron chi connectivity index (χ3n) is 5.14. The Morgan fingerprint density at radius 2 is 1.96 bits per heavy atom. The fraction of sp³-hybridized carbons (Fsp3) is 0.556. The van der Waals surface area contributed by atoms with Crippen LogP contribution in [0, 0.1) is 28.9 Å². The van der Waals surface area contributed by atoms with E-state index in [9.17, 15) is 27.3 Å². The van der Waals surface area contributed by atoms with Gasteiger partial charge in [-0.3, -0.25) is 4.79 Å². The summed E-state index contributed by atoms with van der Waals surface area (Å²) < 4.78 is 53.2. The van der Waals surface area contributed by atoms with Gasteiger partial charge in [0.15, 0.2) is 6.54 Å². The average Bonchev–Trinajstić information content (AvgIpc) is 2.61. The van der Waals surface area contributed by atoms with Crippen LogP contribution in [0.5, 0.6) is 0 Å². The Bertz CT molecular complexity index is 877. The van der Waals surface area contributed by atoms with Crippen molar-refractivity contribution in [1.29, 1.82) is 5.26 Å². The number of quaternary nitrogens is 1. The molecule has 0 spiro atoms. The van der Waals surface area contributed by atoms with Crippen molar-refractivity contribution in [3.8, 4) is 6.07 Å². The summed E-state index contributed by atoms with van der Waals surface area (Å²) in [6, 6.07) is 4.47. The van der Waals surface area contributed by atoms with Gasteiger partial charge in [0.1, 0.15) is 22.1 Å². The number of sulfonamides is 1. The summed E-state index contributed by atoms with van der Waals surface area (Å²) in [6.45, 7) is 6.41. The lowest BCUT2D eigenvalue weighted by Crippen LogP contribution is -3.16. The predicted molar refractivity (Wildman–Crippen MR) is 97.7 cm³/mol. The van der Waals surface area contributed by atoms with E-state index < -0.39 is 32.1 Å². The topological polar surface area (TPSA) is 94.7 Å². The van der Waals surface area contributed by atoms with Gasteiger partial charge < -0.3 is 10.2 Å². The van der Waals surface area contributed by atoms with Gasteiger partial charge in [-0.2, -0.15) is 9.57 Å². The molecule has 1 aromatic rings. The molecule has 1 aliphatic rings. The van der Waals surface area contributed by atoms with E-state index in [1.807, 2.05) is 13.8 Å². The number of benzene rings is 1. The summed E-state index contributed by atoms with van der Waals surface area (Å²) in [6.07, 6.45) is 0. The lowest BCUT2D eigenvalue weighted by Gasteiger charge is -2.32. The van der Waals surface area contributed by atoms with E-state index in [0.29, 0.717) is 19.2 Å². The number of amides is 1. The largest absolute Gasteiger partial charge is 0.333 e. The van der Waals surface area contributed by atoms with Crippen LogP contribution < -0.4 is 10.2 Å². The van der Waals surface area contributed by atoms with Crippen molar-refractivity contribution < 1.29 is 26.9 Å². The average molecular weight is 415 g/mol. The molecule has 2 rings (SSSR count). The van der Waals surface area contributed by atoms with Crippen LogP contribution in [0.1, 0.15) is 20.8 Å². The summed E-state index contributed by atoms with van der Waals surface area (Å²) in [4.78, 5) is 12.6. The first kappa shape index (κ1) is 22.2. The van der Waals surface area contributed by atoms with E-state index in [2.05, 4.69) is 11.4 Å². The van der Waals surface area contributed by atoms with E-state index in [1.54, 1.807) is 6.92 Å². The summed E-state index contributed by atoms with van der Waals surface area (Å²) >= 11 is 0. The summed E-state index contributed by atoms with van der Waals surface area (Å²) in [5.41, 5.74) is -0.970. The molecule has 1 fully saturated rings. The van der Waals surface area contributed by atoms with Gasteiger partial charge in [-0.05, 0) is 25.0 Å². The molecular formula is C18H25F2N4O3S+. The maximum atomic E-state index is 13.9. The third kappa shape index (κ3) is 4.84. The highest BCUT2D eigenvalue weighted by Crippen LogP contribution is 2.20. The molecule has 154 valence electrons. The minimum atomic E-state index is -4.07. The lowest BCUT2D eigenvalue weighted by molar-refractivity contribution is -0.895. The number of carbonyl (C=O) groups is 1. The summed E-state index contributed by atoms with van der Waals surface area (Å²) in [7, 11) is -4.07. The number of carbonyl (C=O) groups excluding carboxylic acids is 1. The van der Waals surface area contributed by atoms with Crippen molar-refractivity contribution in [2.24, 2.45) is 5.92 Å². The minimum Gasteiger partial charge on any atom is -0.333 e. The number of nitrogens with zero attached hydrogens (tertiary/aromatic N) is 2. The molecule has 1 atom stereocenters. The summed E-state index contributed by atoms with van der Waals surface area (Å²) in [5.74, 6) is -2.32. The van der Waals surface area contributed by atoms with Gasteiger partial charge in [0.05, 0.1) is 32.2 Å². The molecule has 0 saturated carbocycles. The van der Waals surface area contributed by atoms with E-state index in [1.165, 1.54) is 0 Å². The maximum Gasteiger partial charge on any atom is 0.276 e. The molecule has 1 heterocycles. The zero-order valence-electron chi connectivity index (χ0n) is 16.1. The number of nitrogens with one attached hydrogen (secondary N) is 2. The second kappa shape index (κ2) is 8.51. The highest BCUT2D eigenvalue weighted by molar-refractivity contribution is 7.89. The van der Waals surface area contributed by atoms with Crippen molar-refractivity contribution in [1.82, 2.24) is 9.62 Å². The van der Waals surface area contributed by atoms with Crippen LogP contribution in [-0.4, -0.2) is 56.9 Å². The van der Waals surface area contributed by atoms with Gasteiger partial charge >= 0.3 is 0 Å². The van der Waals surface area contributed by atoms with Gasteiger partial charge in [-0.25, -0.2) is 17.2 Å². The predicted octanol–water partition coefficient (Wildman–Crippen LogP) is -0.0915. The van der Waals surface area contributed by atoms with E-state index in [-0.39, 0.29) is 31.5 Å². The molecule has 2 N–H and O–H groups in total. The SMILES string of the molecule is CC(C)[C@](C)(C#N)NC(=O)C[NH+]1CCN(S(=O)(=O)c2ccc(F)cc2F)CC1. The van der Waals surface area contributed by atoms with E-state index in [4.69, 9.17) is 0 Å². The monoisotopic (exact) mass is 415 g/mol. The smallest absolute Gasteiger partial charge is 0.276 e. The number of nitriles is 1. The van der Waals surface area contributed by atoms with Crippen LogP contribution in [0.15, 0.2) is 23.1 Å². The van der Waals surface area contributed by atoms with Crippen LogP contribution >= 0.6 is 0 Å². The molecule has 0 aromatic heterocycles. The lowest BCUT2D eigenvalue weighted by atomic mass is 9.90. The first-order valence-electron chi connectivity index (χ1n) is 9.00. The Labute approximate surface area is 164 Å². The Hall–Kier alpha value is -2.09. The number of rotatable bonds is 6. The quantitative estimate of drug-likeness (QED) is 0.679. The molecule has 7 nitrogen and oxygen atoms in total. The first-order chi connectivity index (χ1) is 13.0. The van der Waals surface area contributed by atoms with E-state index in [0.717, 1.165) is 21.3 Å². The fourth-order valence-corrected chi connectivity index (χ4v) is 4.39. The Kier molecular flexibility index (Phi) is 6.75. The highest BCUT2D eigenvalue weighted by Gasteiger charge is 2.35. The van der Waals surface area contributed by atoms with Crippen LogP contribution in [-0.2, 0) is 14.8 Å². The Morgan fingerprint density at radius 3 is 2.46 bits per heavy atom. The second-order valence-corrected chi connectivity index (χ2v) is 9.33. The number of hydrogen-bond donors (Lipinski definition) is 2. The van der Waals surface area contributed by atoms with Gasteiger partial charge in [0, 0.05) is 6.07 Å². The Balaban J connectivity index is 1.97. The zero-order chi connectivity index (χ0) is 21.1. The number of piperazine rings is 1. The van der Waals surface area contributed by atoms with Crippen molar-refractivity contribution in [2.75, 3.05) is 32.7 Å². The van der Waals surface area contributed by atoms with Crippen molar-refractivity contribution in [3.05, 3.63) is 29.8 Å². The van der Waals surface area contributed by atoms with Crippen molar-refractivity contribution in [3.63, 3.8) is 0 Å². The van der Waals surface area contributed by atoms with Crippen molar-refractivity contribution >= 4 is 15.9 Å². The fourth-order valence-electron chi connectivity index (χ4n) is 2.91.